The van der Waals surface area contributed by atoms with Crippen LogP contribution in [0.1, 0.15) is 31.6 Å². The molecule has 0 aliphatic carbocycles. The fourth-order valence-electron chi connectivity index (χ4n) is 3.77. The molecule has 1 amide bonds. The lowest BCUT2D eigenvalue weighted by Crippen LogP contribution is -2.32. The monoisotopic (exact) mass is 477 g/mol. The van der Waals surface area contributed by atoms with E-state index in [1.165, 1.54) is 0 Å². The fourth-order valence-corrected chi connectivity index (χ4v) is 3.89. The van der Waals surface area contributed by atoms with Crippen LogP contribution in [0.25, 0.3) is 11.0 Å². The van der Waals surface area contributed by atoms with Crippen LogP contribution in [0, 0.1) is 0 Å². The number of carbonyl (C=O) groups excluding carboxylic acids is 1. The van der Waals surface area contributed by atoms with Crippen LogP contribution in [-0.2, 0) is 11.3 Å². The van der Waals surface area contributed by atoms with Crippen molar-refractivity contribution in [3.8, 4) is 11.5 Å². The number of aromatic nitrogens is 2. The molecule has 1 N–H and O–H groups in total. The summed E-state index contributed by atoms with van der Waals surface area (Å²) in [4.78, 5) is 17.3. The van der Waals surface area contributed by atoms with Gasteiger partial charge in [-0.15, -0.1) is 0 Å². The molecule has 7 heteroatoms. The van der Waals surface area contributed by atoms with Crippen molar-refractivity contribution in [2.24, 2.45) is 0 Å². The van der Waals surface area contributed by atoms with Gasteiger partial charge in [-0.1, -0.05) is 41.9 Å². The average Bonchev–Trinajstić information content (AvgIpc) is 3.23. The Kier molecular flexibility index (Phi) is 8.04. The summed E-state index contributed by atoms with van der Waals surface area (Å²) in [6, 6.07) is 24.5. The molecule has 0 spiro atoms. The van der Waals surface area contributed by atoms with Crippen LogP contribution in [0.3, 0.4) is 0 Å². The Bertz CT molecular complexity index is 1210. The number of imidazole rings is 1. The third-order valence-corrected chi connectivity index (χ3v) is 5.67. The van der Waals surface area contributed by atoms with E-state index >= 15 is 0 Å². The molecular weight excluding hydrogens is 450 g/mol. The summed E-state index contributed by atoms with van der Waals surface area (Å²) >= 11 is 5.92. The Labute approximate surface area is 204 Å². The number of nitrogens with one attached hydrogen (secondary N) is 1. The van der Waals surface area contributed by atoms with Crippen LogP contribution in [0.15, 0.2) is 78.9 Å². The van der Waals surface area contributed by atoms with Gasteiger partial charge in [0.15, 0.2) is 6.61 Å². The molecule has 1 aromatic heterocycles. The van der Waals surface area contributed by atoms with Crippen LogP contribution in [-0.4, -0.2) is 28.7 Å². The number of amides is 1. The Morgan fingerprint density at radius 3 is 2.44 bits per heavy atom. The van der Waals surface area contributed by atoms with Gasteiger partial charge in [0.2, 0.25) is 0 Å². The van der Waals surface area contributed by atoms with Crippen LogP contribution in [0.4, 0.5) is 0 Å². The van der Waals surface area contributed by atoms with Gasteiger partial charge in [-0.3, -0.25) is 4.79 Å². The SMILES string of the molecule is CC(NC(=O)COc1ccccc1)c1nc2ccccc2n1CCCCOc1ccc(Cl)cc1. The Balaban J connectivity index is 1.35. The predicted molar refractivity (Wildman–Crippen MR) is 134 cm³/mol. The quantitative estimate of drug-likeness (QED) is 0.277. The Hall–Kier alpha value is -3.51. The lowest BCUT2D eigenvalue weighted by molar-refractivity contribution is -0.123. The van der Waals surface area contributed by atoms with Crippen molar-refractivity contribution in [1.82, 2.24) is 14.9 Å². The molecule has 0 aliphatic heterocycles. The maximum absolute atomic E-state index is 12.5. The summed E-state index contributed by atoms with van der Waals surface area (Å²) in [5.74, 6) is 2.12. The van der Waals surface area contributed by atoms with Crippen LogP contribution in [0.5, 0.6) is 11.5 Å². The molecule has 34 heavy (non-hydrogen) atoms. The molecule has 6 nitrogen and oxygen atoms in total. The van der Waals surface area contributed by atoms with Crippen molar-refractivity contribution in [3.63, 3.8) is 0 Å². The van der Waals surface area contributed by atoms with E-state index in [9.17, 15) is 4.79 Å². The van der Waals surface area contributed by atoms with Crippen molar-refractivity contribution in [2.75, 3.05) is 13.2 Å². The number of fused-ring (bicyclic) bond motifs is 1. The first-order chi connectivity index (χ1) is 16.6. The maximum Gasteiger partial charge on any atom is 0.258 e. The van der Waals surface area contributed by atoms with Crippen LogP contribution >= 0.6 is 11.6 Å². The molecule has 0 fully saturated rings. The highest BCUT2D eigenvalue weighted by atomic mass is 35.5. The van der Waals surface area contributed by atoms with Gasteiger partial charge in [-0.2, -0.15) is 0 Å². The molecule has 0 saturated heterocycles. The molecule has 1 heterocycles. The zero-order valence-electron chi connectivity index (χ0n) is 19.1. The van der Waals surface area contributed by atoms with Gasteiger partial charge < -0.3 is 19.4 Å². The second-order valence-corrected chi connectivity index (χ2v) is 8.45. The molecule has 0 bridgehead atoms. The number of unbranched alkanes of at least 4 members (excludes halogenated alkanes) is 1. The number of benzene rings is 3. The highest BCUT2D eigenvalue weighted by Gasteiger charge is 2.18. The van der Waals surface area contributed by atoms with Gasteiger partial charge in [-0.25, -0.2) is 4.98 Å². The van der Waals surface area contributed by atoms with Crippen LogP contribution in [0.2, 0.25) is 5.02 Å². The van der Waals surface area contributed by atoms with Gasteiger partial charge in [-0.05, 0) is 68.3 Å². The topological polar surface area (TPSA) is 65.4 Å². The molecule has 176 valence electrons. The van der Waals surface area contributed by atoms with E-state index in [0.717, 1.165) is 42.0 Å². The minimum absolute atomic E-state index is 0.0450. The first kappa shape index (κ1) is 23.6. The first-order valence-corrected chi connectivity index (χ1v) is 11.8. The Morgan fingerprint density at radius 1 is 0.941 bits per heavy atom. The number of ether oxygens (including phenoxy) is 2. The van der Waals surface area contributed by atoms with Crippen molar-refractivity contribution in [2.45, 2.75) is 32.4 Å². The van der Waals surface area contributed by atoms with Crippen molar-refractivity contribution >= 4 is 28.5 Å². The highest BCUT2D eigenvalue weighted by molar-refractivity contribution is 6.30. The second-order valence-electron chi connectivity index (χ2n) is 8.01. The third-order valence-electron chi connectivity index (χ3n) is 5.42. The van der Waals surface area contributed by atoms with E-state index in [2.05, 4.69) is 16.0 Å². The van der Waals surface area contributed by atoms with E-state index in [1.807, 2.05) is 79.7 Å². The summed E-state index contributed by atoms with van der Waals surface area (Å²) in [7, 11) is 0. The maximum atomic E-state index is 12.5. The van der Waals surface area contributed by atoms with Gasteiger partial charge in [0.05, 0.1) is 23.7 Å². The Morgan fingerprint density at radius 2 is 1.65 bits per heavy atom. The van der Waals surface area contributed by atoms with E-state index in [4.69, 9.17) is 26.1 Å². The first-order valence-electron chi connectivity index (χ1n) is 11.4. The highest BCUT2D eigenvalue weighted by Crippen LogP contribution is 2.22. The molecule has 4 rings (SSSR count). The summed E-state index contributed by atoms with van der Waals surface area (Å²) in [6.45, 7) is 3.30. The minimum atomic E-state index is -0.260. The van der Waals surface area contributed by atoms with E-state index < -0.39 is 0 Å². The standard InChI is InChI=1S/C27H28ClN3O3/c1-20(29-26(32)19-34-22-9-3-2-4-10-22)27-30-24-11-5-6-12-25(24)31(27)17-7-8-18-33-23-15-13-21(28)14-16-23/h2-6,9-16,20H,7-8,17-19H2,1H3,(H,29,32). The van der Waals surface area contributed by atoms with Gasteiger partial charge in [0.1, 0.15) is 17.3 Å². The summed E-state index contributed by atoms with van der Waals surface area (Å²) in [5, 5.41) is 3.71. The molecule has 0 radical (unpaired) electrons. The lowest BCUT2D eigenvalue weighted by Gasteiger charge is -2.17. The number of para-hydroxylation sites is 3. The van der Waals surface area contributed by atoms with E-state index in [0.29, 0.717) is 17.4 Å². The second kappa shape index (κ2) is 11.6. The number of aryl methyl sites for hydroxylation is 1. The summed E-state index contributed by atoms with van der Waals surface area (Å²) in [5.41, 5.74) is 1.97. The number of hydrogen-bond acceptors (Lipinski definition) is 4. The van der Waals surface area contributed by atoms with Gasteiger partial charge >= 0.3 is 0 Å². The van der Waals surface area contributed by atoms with Gasteiger partial charge in [0.25, 0.3) is 5.91 Å². The largest absolute Gasteiger partial charge is 0.494 e. The summed E-state index contributed by atoms with van der Waals surface area (Å²) < 4.78 is 13.6. The fraction of sp³-hybridized carbons (Fsp3) is 0.259. The molecule has 0 aliphatic rings. The number of rotatable bonds is 11. The third kappa shape index (κ3) is 6.29. The van der Waals surface area contributed by atoms with E-state index in [-0.39, 0.29) is 18.6 Å². The minimum Gasteiger partial charge on any atom is -0.494 e. The van der Waals surface area contributed by atoms with Crippen LogP contribution < -0.4 is 14.8 Å². The lowest BCUT2D eigenvalue weighted by atomic mass is 10.2. The smallest absolute Gasteiger partial charge is 0.258 e. The summed E-state index contributed by atoms with van der Waals surface area (Å²) in [6.07, 6.45) is 1.80. The molecule has 4 aromatic rings. The molecule has 1 unspecified atom stereocenters. The molecular formula is C27H28ClN3O3. The predicted octanol–water partition coefficient (Wildman–Crippen LogP) is 5.81. The molecule has 1 atom stereocenters. The molecule has 3 aromatic carbocycles. The number of nitrogens with zero attached hydrogens (tertiary/aromatic N) is 2. The zero-order chi connectivity index (χ0) is 23.8. The van der Waals surface area contributed by atoms with Gasteiger partial charge in [0, 0.05) is 11.6 Å². The number of hydrogen-bond donors (Lipinski definition) is 1. The van der Waals surface area contributed by atoms with E-state index in [1.54, 1.807) is 0 Å². The number of carbonyl (C=O) groups is 1. The zero-order valence-corrected chi connectivity index (χ0v) is 19.9. The van der Waals surface area contributed by atoms with Crippen molar-refractivity contribution in [1.29, 1.82) is 0 Å². The van der Waals surface area contributed by atoms with Crippen molar-refractivity contribution in [3.05, 3.63) is 89.7 Å². The normalized spacial score (nSPS) is 11.8. The number of halogens is 1. The van der Waals surface area contributed by atoms with Crippen molar-refractivity contribution < 1.29 is 14.3 Å². The average molecular weight is 478 g/mol. The molecule has 0 saturated carbocycles.